The molecule has 0 aliphatic carbocycles. The first-order chi connectivity index (χ1) is 9.51. The van der Waals surface area contributed by atoms with Crippen molar-refractivity contribution >= 4 is 11.8 Å². The number of hydrogen-bond acceptors (Lipinski definition) is 4. The molecule has 110 valence electrons. The number of anilines is 1. The van der Waals surface area contributed by atoms with Crippen LogP contribution in [-0.4, -0.2) is 61.2 Å². The largest absolute Gasteiger partial charge is 0.493 e. The van der Waals surface area contributed by atoms with Gasteiger partial charge >= 0.3 is 6.03 Å². The number of aryl methyl sites for hydroxylation is 1. The summed E-state index contributed by atoms with van der Waals surface area (Å²) in [6.07, 6.45) is 0.999. The minimum atomic E-state index is -0.120. The Bertz CT molecular complexity index is 490. The van der Waals surface area contributed by atoms with Crippen LogP contribution in [0.25, 0.3) is 0 Å². The van der Waals surface area contributed by atoms with E-state index >= 15 is 0 Å². The number of methoxy groups -OCH3 is 1. The molecule has 0 radical (unpaired) electrons. The highest BCUT2D eigenvalue weighted by atomic mass is 16.5. The monoisotopic (exact) mass is 278 g/mol. The lowest BCUT2D eigenvalue weighted by atomic mass is 10.2. The van der Waals surface area contributed by atoms with Gasteiger partial charge < -0.3 is 14.5 Å². The molecule has 2 amide bonds. The van der Waals surface area contributed by atoms with Gasteiger partial charge in [0.1, 0.15) is 0 Å². The fourth-order valence-corrected chi connectivity index (χ4v) is 2.33. The van der Waals surface area contributed by atoms with Gasteiger partial charge in [0, 0.05) is 24.8 Å². The fourth-order valence-electron chi connectivity index (χ4n) is 2.33. The maximum absolute atomic E-state index is 12.3. The van der Waals surface area contributed by atoms with Gasteiger partial charge in [-0.3, -0.25) is 5.32 Å². The molecule has 6 heteroatoms. The van der Waals surface area contributed by atoms with Crippen molar-refractivity contribution in [2.45, 2.75) is 19.4 Å². The number of likely N-dealkylation sites (tertiary alicyclic amines) is 1. The first kappa shape index (κ1) is 14.6. The number of amides is 2. The van der Waals surface area contributed by atoms with Gasteiger partial charge in [0.15, 0.2) is 11.6 Å². The second-order valence-electron chi connectivity index (χ2n) is 5.29. The number of likely N-dealkylation sites (N-methyl/N-ethyl adjacent to an activating group) is 1. The van der Waals surface area contributed by atoms with Crippen LogP contribution >= 0.6 is 0 Å². The van der Waals surface area contributed by atoms with Gasteiger partial charge in [-0.15, -0.1) is 0 Å². The molecule has 1 fully saturated rings. The van der Waals surface area contributed by atoms with E-state index in [1.165, 1.54) is 0 Å². The van der Waals surface area contributed by atoms with Crippen molar-refractivity contribution in [3.05, 3.63) is 17.8 Å². The van der Waals surface area contributed by atoms with Crippen molar-refractivity contribution in [2.24, 2.45) is 0 Å². The van der Waals surface area contributed by atoms with Crippen molar-refractivity contribution < 1.29 is 9.53 Å². The molecule has 2 rings (SSSR count). The standard InChI is InChI=1S/C14H22N4O2/c1-10-5-6-12(20-4)13(15-10)16-14(19)18-8-7-11(9-18)17(2)3/h5-6,11H,7-9H2,1-4H3,(H,15,16,19)/t11-/m1/s1. The number of aromatic nitrogens is 1. The number of rotatable bonds is 3. The normalized spacial score (nSPS) is 18.4. The van der Waals surface area contributed by atoms with E-state index in [1.54, 1.807) is 7.11 Å². The second kappa shape index (κ2) is 6.09. The predicted molar refractivity (Wildman–Crippen MR) is 78.2 cm³/mol. The Hall–Kier alpha value is -1.82. The highest BCUT2D eigenvalue weighted by molar-refractivity contribution is 5.90. The smallest absolute Gasteiger partial charge is 0.323 e. The molecule has 1 atom stereocenters. The molecular formula is C14H22N4O2. The Labute approximate surface area is 119 Å². The van der Waals surface area contributed by atoms with Gasteiger partial charge in [0.25, 0.3) is 0 Å². The van der Waals surface area contributed by atoms with Crippen LogP contribution < -0.4 is 10.1 Å². The molecule has 1 aromatic heterocycles. The quantitative estimate of drug-likeness (QED) is 0.911. The Morgan fingerprint density at radius 1 is 1.50 bits per heavy atom. The van der Waals surface area contributed by atoms with Gasteiger partial charge in [-0.05, 0) is 39.6 Å². The summed E-state index contributed by atoms with van der Waals surface area (Å²) in [7, 11) is 5.65. The van der Waals surface area contributed by atoms with E-state index in [4.69, 9.17) is 4.74 Å². The first-order valence-electron chi connectivity index (χ1n) is 6.75. The van der Waals surface area contributed by atoms with Crippen LogP contribution in [0.1, 0.15) is 12.1 Å². The Kier molecular flexibility index (Phi) is 4.44. The van der Waals surface area contributed by atoms with Gasteiger partial charge in [-0.2, -0.15) is 0 Å². The minimum absolute atomic E-state index is 0.120. The number of hydrogen-bond donors (Lipinski definition) is 1. The Morgan fingerprint density at radius 3 is 2.85 bits per heavy atom. The maximum atomic E-state index is 12.3. The molecule has 1 saturated heterocycles. The molecule has 0 spiro atoms. The van der Waals surface area contributed by atoms with E-state index in [-0.39, 0.29) is 6.03 Å². The minimum Gasteiger partial charge on any atom is -0.493 e. The predicted octanol–water partition coefficient (Wildman–Crippen LogP) is 1.57. The number of nitrogens with one attached hydrogen (secondary N) is 1. The van der Waals surface area contributed by atoms with Crippen LogP contribution in [0, 0.1) is 6.92 Å². The first-order valence-corrected chi connectivity index (χ1v) is 6.75. The molecule has 20 heavy (non-hydrogen) atoms. The number of carbonyl (C=O) groups is 1. The molecule has 2 heterocycles. The highest BCUT2D eigenvalue weighted by Gasteiger charge is 2.28. The number of carbonyl (C=O) groups excluding carboxylic acids is 1. The second-order valence-corrected chi connectivity index (χ2v) is 5.29. The summed E-state index contributed by atoms with van der Waals surface area (Å²) in [5.74, 6) is 1.05. The number of urea groups is 1. The molecule has 1 N–H and O–H groups in total. The summed E-state index contributed by atoms with van der Waals surface area (Å²) in [4.78, 5) is 20.5. The van der Waals surface area contributed by atoms with E-state index in [2.05, 4.69) is 15.2 Å². The highest BCUT2D eigenvalue weighted by Crippen LogP contribution is 2.23. The fraction of sp³-hybridized carbons (Fsp3) is 0.571. The average Bonchev–Trinajstić information content (AvgIpc) is 2.89. The number of pyridine rings is 1. The number of ether oxygens (including phenoxy) is 1. The van der Waals surface area contributed by atoms with Crippen LogP contribution in [0.3, 0.4) is 0 Å². The molecule has 6 nitrogen and oxygen atoms in total. The summed E-state index contributed by atoms with van der Waals surface area (Å²) in [5, 5.41) is 2.84. The summed E-state index contributed by atoms with van der Waals surface area (Å²) >= 11 is 0. The van der Waals surface area contributed by atoms with Crippen molar-refractivity contribution in [1.29, 1.82) is 0 Å². The van der Waals surface area contributed by atoms with E-state index in [0.29, 0.717) is 17.6 Å². The molecule has 0 bridgehead atoms. The molecular weight excluding hydrogens is 256 g/mol. The summed E-state index contributed by atoms with van der Waals surface area (Å²) < 4.78 is 5.22. The van der Waals surface area contributed by atoms with Gasteiger partial charge in [0.05, 0.1) is 7.11 Å². The van der Waals surface area contributed by atoms with Gasteiger partial charge in [-0.25, -0.2) is 9.78 Å². The molecule has 1 aromatic rings. The Morgan fingerprint density at radius 2 is 2.25 bits per heavy atom. The molecule has 0 unspecified atom stereocenters. The van der Waals surface area contributed by atoms with Crippen LogP contribution in [0.4, 0.5) is 10.6 Å². The summed E-state index contributed by atoms with van der Waals surface area (Å²) in [6, 6.07) is 3.97. The third-order valence-corrected chi connectivity index (χ3v) is 3.62. The molecule has 0 saturated carbocycles. The zero-order valence-corrected chi connectivity index (χ0v) is 12.5. The summed E-state index contributed by atoms with van der Waals surface area (Å²) in [5.41, 5.74) is 0.841. The third kappa shape index (κ3) is 3.19. The third-order valence-electron chi connectivity index (χ3n) is 3.62. The van der Waals surface area contributed by atoms with Crippen LogP contribution in [0.5, 0.6) is 5.75 Å². The van der Waals surface area contributed by atoms with Crippen molar-refractivity contribution in [3.63, 3.8) is 0 Å². The average molecular weight is 278 g/mol. The zero-order valence-electron chi connectivity index (χ0n) is 12.5. The van der Waals surface area contributed by atoms with Crippen LogP contribution in [0.15, 0.2) is 12.1 Å². The van der Waals surface area contributed by atoms with Crippen molar-refractivity contribution in [2.75, 3.05) is 39.6 Å². The lowest BCUT2D eigenvalue weighted by Gasteiger charge is -2.21. The molecule has 1 aliphatic rings. The van der Waals surface area contributed by atoms with E-state index in [9.17, 15) is 4.79 Å². The lowest BCUT2D eigenvalue weighted by Crippen LogP contribution is -2.37. The summed E-state index contributed by atoms with van der Waals surface area (Å²) in [6.45, 7) is 3.39. The van der Waals surface area contributed by atoms with Crippen molar-refractivity contribution in [1.82, 2.24) is 14.8 Å². The zero-order chi connectivity index (χ0) is 14.7. The van der Waals surface area contributed by atoms with Gasteiger partial charge in [0.2, 0.25) is 0 Å². The van der Waals surface area contributed by atoms with Crippen molar-refractivity contribution in [3.8, 4) is 5.75 Å². The van der Waals surface area contributed by atoms with E-state index < -0.39 is 0 Å². The Balaban J connectivity index is 2.03. The molecule has 1 aliphatic heterocycles. The van der Waals surface area contributed by atoms with E-state index in [0.717, 1.165) is 25.2 Å². The number of nitrogens with zero attached hydrogens (tertiary/aromatic N) is 3. The lowest BCUT2D eigenvalue weighted by molar-refractivity contribution is 0.216. The van der Waals surface area contributed by atoms with Gasteiger partial charge in [-0.1, -0.05) is 0 Å². The SMILES string of the molecule is COc1ccc(C)nc1NC(=O)N1CC[C@@H](N(C)C)C1. The van der Waals surface area contributed by atoms with E-state index in [1.807, 2.05) is 38.1 Å². The molecule has 0 aromatic carbocycles. The topological polar surface area (TPSA) is 57.7 Å². The maximum Gasteiger partial charge on any atom is 0.323 e. The van der Waals surface area contributed by atoms with Crippen LogP contribution in [-0.2, 0) is 0 Å². The van der Waals surface area contributed by atoms with Crippen LogP contribution in [0.2, 0.25) is 0 Å².